The molecule has 0 saturated heterocycles. The Kier molecular flexibility index (Phi) is 5.37. The van der Waals surface area contributed by atoms with E-state index < -0.39 is 11.7 Å². The zero-order valence-electron chi connectivity index (χ0n) is 15.4. The minimum absolute atomic E-state index is 0.0502. The SMILES string of the molecule is O=C(/C=C/c1ccc(-c2ccccc2)s1)NCc1nnc2ccc(C(F)(F)F)cn12. The molecule has 0 atom stereocenters. The number of amides is 1. The minimum atomic E-state index is -4.47. The first-order chi connectivity index (χ1) is 14.4. The van der Waals surface area contributed by atoms with Gasteiger partial charge in [0.15, 0.2) is 11.5 Å². The molecule has 9 heteroatoms. The lowest BCUT2D eigenvalue weighted by molar-refractivity contribution is -0.137. The largest absolute Gasteiger partial charge is 0.417 e. The second-order valence-electron chi connectivity index (χ2n) is 6.38. The van der Waals surface area contributed by atoms with Gasteiger partial charge in [-0.2, -0.15) is 13.2 Å². The smallest absolute Gasteiger partial charge is 0.345 e. The van der Waals surface area contributed by atoms with E-state index in [1.165, 1.54) is 16.5 Å². The van der Waals surface area contributed by atoms with Crippen LogP contribution in [0.1, 0.15) is 16.3 Å². The average Bonchev–Trinajstić information content (AvgIpc) is 3.37. The number of thiophene rings is 1. The molecule has 0 radical (unpaired) electrons. The number of carbonyl (C=O) groups is 1. The highest BCUT2D eigenvalue weighted by Gasteiger charge is 2.31. The van der Waals surface area contributed by atoms with Crippen LogP contribution in [0.3, 0.4) is 0 Å². The Hall–Kier alpha value is -3.46. The van der Waals surface area contributed by atoms with Crippen molar-refractivity contribution < 1.29 is 18.0 Å². The first-order valence-corrected chi connectivity index (χ1v) is 9.74. The van der Waals surface area contributed by atoms with E-state index in [1.807, 2.05) is 42.5 Å². The number of carbonyl (C=O) groups excluding carboxylic acids is 1. The van der Waals surface area contributed by atoms with Crippen LogP contribution in [-0.4, -0.2) is 20.5 Å². The number of halogens is 3. The summed E-state index contributed by atoms with van der Waals surface area (Å²) < 4.78 is 39.9. The van der Waals surface area contributed by atoms with E-state index in [2.05, 4.69) is 15.5 Å². The van der Waals surface area contributed by atoms with E-state index in [1.54, 1.807) is 17.4 Å². The number of nitrogens with one attached hydrogen (secondary N) is 1. The van der Waals surface area contributed by atoms with E-state index >= 15 is 0 Å². The molecule has 0 fully saturated rings. The standard InChI is InChI=1S/C21H15F3N4OS/c22-21(23,24)15-6-10-18-26-27-19(28(18)13-15)12-25-20(29)11-8-16-7-9-17(30-16)14-4-2-1-3-5-14/h1-11,13H,12H2,(H,25,29)/b11-8+. The van der Waals surface area contributed by atoms with Crippen LogP contribution in [0, 0.1) is 0 Å². The summed E-state index contributed by atoms with van der Waals surface area (Å²) >= 11 is 1.55. The quantitative estimate of drug-likeness (QED) is 0.464. The van der Waals surface area contributed by atoms with Gasteiger partial charge in [-0.3, -0.25) is 9.20 Å². The van der Waals surface area contributed by atoms with Crippen molar-refractivity contribution in [3.05, 3.63) is 83.1 Å². The van der Waals surface area contributed by atoms with Gasteiger partial charge in [0.1, 0.15) is 0 Å². The number of nitrogens with zero attached hydrogens (tertiary/aromatic N) is 3. The van der Waals surface area contributed by atoms with Crippen LogP contribution in [-0.2, 0) is 17.5 Å². The number of rotatable bonds is 5. The summed E-state index contributed by atoms with van der Waals surface area (Å²) in [7, 11) is 0. The van der Waals surface area contributed by atoms with Gasteiger partial charge in [0.2, 0.25) is 5.91 Å². The summed E-state index contributed by atoms with van der Waals surface area (Å²) in [5.74, 6) is -0.172. The van der Waals surface area contributed by atoms with Gasteiger partial charge in [-0.15, -0.1) is 21.5 Å². The molecular formula is C21H15F3N4OS. The predicted octanol–water partition coefficient (Wildman–Crippen LogP) is 4.81. The van der Waals surface area contributed by atoms with Crippen LogP contribution in [0.5, 0.6) is 0 Å². The average molecular weight is 428 g/mol. The molecule has 1 amide bonds. The molecule has 0 bridgehead atoms. The molecule has 152 valence electrons. The topological polar surface area (TPSA) is 59.3 Å². The molecule has 3 heterocycles. The van der Waals surface area contributed by atoms with Crippen LogP contribution in [0.25, 0.3) is 22.2 Å². The minimum Gasteiger partial charge on any atom is -0.345 e. The van der Waals surface area contributed by atoms with Crippen molar-refractivity contribution in [1.29, 1.82) is 0 Å². The van der Waals surface area contributed by atoms with Gasteiger partial charge in [-0.1, -0.05) is 30.3 Å². The van der Waals surface area contributed by atoms with E-state index in [4.69, 9.17) is 0 Å². The maximum Gasteiger partial charge on any atom is 0.417 e. The van der Waals surface area contributed by atoms with Gasteiger partial charge >= 0.3 is 6.18 Å². The second-order valence-corrected chi connectivity index (χ2v) is 7.49. The summed E-state index contributed by atoms with van der Waals surface area (Å²) in [6.45, 7) is -0.0502. The normalized spacial score (nSPS) is 12.0. The van der Waals surface area contributed by atoms with Crippen molar-refractivity contribution in [2.45, 2.75) is 12.7 Å². The summed E-state index contributed by atoms with van der Waals surface area (Å²) in [4.78, 5) is 14.1. The molecule has 0 saturated carbocycles. The van der Waals surface area contributed by atoms with E-state index in [-0.39, 0.29) is 23.9 Å². The number of fused-ring (bicyclic) bond motifs is 1. The number of benzene rings is 1. The van der Waals surface area contributed by atoms with Gasteiger partial charge in [0.25, 0.3) is 0 Å². The third-order valence-corrected chi connectivity index (χ3v) is 5.40. The lowest BCUT2D eigenvalue weighted by atomic mass is 10.2. The fourth-order valence-corrected chi connectivity index (χ4v) is 3.73. The van der Waals surface area contributed by atoms with Crippen molar-refractivity contribution in [2.24, 2.45) is 0 Å². The predicted molar refractivity (Wildman–Crippen MR) is 109 cm³/mol. The molecule has 3 aromatic heterocycles. The first kappa shape index (κ1) is 19.8. The molecule has 0 spiro atoms. The third kappa shape index (κ3) is 4.41. The molecule has 0 aliphatic heterocycles. The summed E-state index contributed by atoms with van der Waals surface area (Å²) in [6.07, 6.45) is -0.481. The molecule has 0 unspecified atom stereocenters. The molecule has 5 nitrogen and oxygen atoms in total. The number of pyridine rings is 1. The first-order valence-electron chi connectivity index (χ1n) is 8.92. The molecule has 4 aromatic rings. The van der Waals surface area contributed by atoms with Crippen molar-refractivity contribution in [2.75, 3.05) is 0 Å². The molecule has 30 heavy (non-hydrogen) atoms. The van der Waals surface area contributed by atoms with Crippen molar-refractivity contribution in [3.63, 3.8) is 0 Å². The van der Waals surface area contributed by atoms with Crippen molar-refractivity contribution in [1.82, 2.24) is 19.9 Å². The lowest BCUT2D eigenvalue weighted by Gasteiger charge is -2.07. The molecule has 0 aliphatic rings. The number of hydrogen-bond donors (Lipinski definition) is 1. The Morgan fingerprint density at radius 2 is 1.87 bits per heavy atom. The fourth-order valence-electron chi connectivity index (χ4n) is 2.81. The Morgan fingerprint density at radius 3 is 2.63 bits per heavy atom. The van der Waals surface area contributed by atoms with Crippen molar-refractivity contribution in [3.8, 4) is 10.4 Å². The third-order valence-electron chi connectivity index (χ3n) is 4.31. The van der Waals surface area contributed by atoms with Gasteiger partial charge in [-0.05, 0) is 35.9 Å². The van der Waals surface area contributed by atoms with E-state index in [9.17, 15) is 18.0 Å². The Labute approximate surface area is 173 Å². The van der Waals surface area contributed by atoms with E-state index in [0.717, 1.165) is 27.6 Å². The second kappa shape index (κ2) is 8.11. The van der Waals surface area contributed by atoms with Crippen LogP contribution in [0.4, 0.5) is 13.2 Å². The Morgan fingerprint density at radius 1 is 1.07 bits per heavy atom. The molecule has 1 N–H and O–H groups in total. The highest BCUT2D eigenvalue weighted by Crippen LogP contribution is 2.29. The molecule has 4 rings (SSSR count). The summed E-state index contributed by atoms with van der Waals surface area (Å²) in [5, 5.41) is 10.3. The summed E-state index contributed by atoms with van der Waals surface area (Å²) in [5.41, 5.74) is 0.563. The van der Waals surface area contributed by atoms with Crippen LogP contribution in [0.15, 0.2) is 66.9 Å². The lowest BCUT2D eigenvalue weighted by Crippen LogP contribution is -2.21. The maximum atomic E-state index is 12.9. The molecule has 1 aromatic carbocycles. The van der Waals surface area contributed by atoms with Crippen molar-refractivity contribution >= 4 is 29.0 Å². The number of alkyl halides is 3. The monoisotopic (exact) mass is 428 g/mol. The highest BCUT2D eigenvalue weighted by atomic mass is 32.1. The highest BCUT2D eigenvalue weighted by molar-refractivity contribution is 7.16. The van der Waals surface area contributed by atoms with Crippen LogP contribution >= 0.6 is 11.3 Å². The summed E-state index contributed by atoms with van der Waals surface area (Å²) in [6, 6.07) is 16.0. The zero-order valence-corrected chi connectivity index (χ0v) is 16.2. The number of hydrogen-bond acceptors (Lipinski definition) is 4. The van der Waals surface area contributed by atoms with Crippen LogP contribution in [0.2, 0.25) is 0 Å². The Balaban J connectivity index is 1.41. The molecule has 0 aliphatic carbocycles. The molecular weight excluding hydrogens is 413 g/mol. The Bertz CT molecular complexity index is 1210. The zero-order chi connectivity index (χ0) is 21.1. The van der Waals surface area contributed by atoms with Gasteiger partial charge in [0, 0.05) is 22.0 Å². The maximum absolute atomic E-state index is 12.9. The van der Waals surface area contributed by atoms with Gasteiger partial charge < -0.3 is 5.32 Å². The van der Waals surface area contributed by atoms with E-state index in [0.29, 0.717) is 0 Å². The van der Waals surface area contributed by atoms with Crippen LogP contribution < -0.4 is 5.32 Å². The number of aromatic nitrogens is 3. The van der Waals surface area contributed by atoms with Gasteiger partial charge in [0.05, 0.1) is 12.1 Å². The fraction of sp³-hybridized carbons (Fsp3) is 0.0952. The van der Waals surface area contributed by atoms with Gasteiger partial charge in [-0.25, -0.2) is 0 Å².